The highest BCUT2D eigenvalue weighted by molar-refractivity contribution is 7.13. The zero-order chi connectivity index (χ0) is 10.3. The van der Waals surface area contributed by atoms with Gasteiger partial charge in [-0.25, -0.2) is 4.52 Å². The quantitative estimate of drug-likeness (QED) is 0.647. The standard InChI is InChI=1S/C11H11N3S/c1-2-13-5-6-14-11(13)8-9(12-14)10-4-3-7-15-10/h3-8H,2H2,1H3. The molecule has 0 unspecified atom stereocenters. The average molecular weight is 217 g/mol. The number of aromatic nitrogens is 3. The average Bonchev–Trinajstić information content (AvgIpc) is 2.93. The fraction of sp³-hybridized carbons (Fsp3) is 0.182. The molecule has 0 fully saturated rings. The van der Waals surface area contributed by atoms with Crippen molar-refractivity contribution in [3.8, 4) is 10.6 Å². The minimum absolute atomic E-state index is 0.978. The molecule has 3 aromatic rings. The van der Waals surface area contributed by atoms with E-state index in [4.69, 9.17) is 0 Å². The molecule has 3 heterocycles. The van der Waals surface area contributed by atoms with Crippen LogP contribution < -0.4 is 0 Å². The molecule has 0 aromatic carbocycles. The second-order valence-corrected chi connectivity index (χ2v) is 4.34. The molecule has 0 saturated heterocycles. The number of imidazole rings is 1. The molecule has 3 nitrogen and oxygen atoms in total. The molecule has 0 radical (unpaired) electrons. The first kappa shape index (κ1) is 8.73. The molecule has 3 rings (SSSR count). The molecular formula is C11H11N3S. The van der Waals surface area contributed by atoms with Crippen molar-refractivity contribution in [1.29, 1.82) is 0 Å². The maximum Gasteiger partial charge on any atom is 0.136 e. The number of aryl methyl sites for hydroxylation is 1. The highest BCUT2D eigenvalue weighted by atomic mass is 32.1. The Morgan fingerprint density at radius 2 is 2.33 bits per heavy atom. The molecule has 0 aliphatic rings. The topological polar surface area (TPSA) is 22.2 Å². The molecule has 0 aliphatic heterocycles. The Bertz CT molecular complexity index is 574. The number of nitrogens with zero attached hydrogens (tertiary/aromatic N) is 3. The minimum atomic E-state index is 0.978. The largest absolute Gasteiger partial charge is 0.332 e. The van der Waals surface area contributed by atoms with Gasteiger partial charge in [0.05, 0.1) is 4.88 Å². The van der Waals surface area contributed by atoms with Crippen molar-refractivity contribution in [2.75, 3.05) is 0 Å². The number of rotatable bonds is 2. The van der Waals surface area contributed by atoms with E-state index in [1.165, 1.54) is 4.88 Å². The van der Waals surface area contributed by atoms with Gasteiger partial charge in [-0.2, -0.15) is 5.10 Å². The molecule has 0 aliphatic carbocycles. The summed E-state index contributed by atoms with van der Waals surface area (Å²) in [7, 11) is 0. The Balaban J connectivity index is 2.19. The van der Waals surface area contributed by atoms with Crippen LogP contribution in [0.2, 0.25) is 0 Å². The van der Waals surface area contributed by atoms with Gasteiger partial charge in [-0.15, -0.1) is 11.3 Å². The third kappa shape index (κ3) is 1.29. The van der Waals surface area contributed by atoms with Crippen LogP contribution in [-0.4, -0.2) is 14.2 Å². The highest BCUT2D eigenvalue weighted by Crippen LogP contribution is 2.24. The van der Waals surface area contributed by atoms with Crippen LogP contribution in [0.1, 0.15) is 6.92 Å². The van der Waals surface area contributed by atoms with Crippen molar-refractivity contribution >= 4 is 17.0 Å². The van der Waals surface area contributed by atoms with Gasteiger partial charge in [0.2, 0.25) is 0 Å². The van der Waals surface area contributed by atoms with Crippen molar-refractivity contribution in [3.63, 3.8) is 0 Å². The van der Waals surface area contributed by atoms with Gasteiger partial charge in [-0.1, -0.05) is 6.07 Å². The lowest BCUT2D eigenvalue weighted by atomic mass is 10.3. The summed E-state index contributed by atoms with van der Waals surface area (Å²) in [5.74, 6) is 0. The zero-order valence-electron chi connectivity index (χ0n) is 8.42. The van der Waals surface area contributed by atoms with E-state index in [9.17, 15) is 0 Å². The molecule has 15 heavy (non-hydrogen) atoms. The first-order valence-corrected chi connectivity index (χ1v) is 5.85. The fourth-order valence-electron chi connectivity index (χ4n) is 1.74. The second-order valence-electron chi connectivity index (χ2n) is 3.39. The van der Waals surface area contributed by atoms with E-state index in [-0.39, 0.29) is 0 Å². The lowest BCUT2D eigenvalue weighted by Crippen LogP contribution is -1.90. The van der Waals surface area contributed by atoms with Crippen LogP contribution in [0.15, 0.2) is 36.0 Å². The normalized spacial score (nSPS) is 11.3. The number of hydrogen-bond acceptors (Lipinski definition) is 2. The SMILES string of the molecule is CCn1ccn2nc(-c3cccs3)cc12. The second kappa shape index (κ2) is 3.24. The molecular weight excluding hydrogens is 206 g/mol. The summed E-state index contributed by atoms with van der Waals surface area (Å²) in [6, 6.07) is 6.29. The predicted octanol–water partition coefficient (Wildman–Crippen LogP) is 2.88. The first-order valence-electron chi connectivity index (χ1n) is 4.97. The van der Waals surface area contributed by atoms with Gasteiger partial charge in [-0.05, 0) is 18.4 Å². The van der Waals surface area contributed by atoms with Gasteiger partial charge in [0.15, 0.2) is 0 Å². The van der Waals surface area contributed by atoms with Crippen LogP contribution in [0.5, 0.6) is 0 Å². The fourth-order valence-corrected chi connectivity index (χ4v) is 2.42. The number of hydrogen-bond donors (Lipinski definition) is 0. The van der Waals surface area contributed by atoms with Crippen LogP contribution in [0.3, 0.4) is 0 Å². The Labute approximate surface area is 91.6 Å². The molecule has 0 N–H and O–H groups in total. The molecule has 0 saturated carbocycles. The Kier molecular flexibility index (Phi) is 1.89. The molecule has 4 heteroatoms. The van der Waals surface area contributed by atoms with Crippen molar-refractivity contribution in [3.05, 3.63) is 36.0 Å². The van der Waals surface area contributed by atoms with Gasteiger partial charge in [-0.3, -0.25) is 0 Å². The Morgan fingerprint density at radius 3 is 3.07 bits per heavy atom. The van der Waals surface area contributed by atoms with E-state index >= 15 is 0 Å². The van der Waals surface area contributed by atoms with Crippen LogP contribution in [-0.2, 0) is 6.54 Å². The van der Waals surface area contributed by atoms with Crippen molar-refractivity contribution in [2.45, 2.75) is 13.5 Å². The monoisotopic (exact) mass is 217 g/mol. The number of fused-ring (bicyclic) bond motifs is 1. The highest BCUT2D eigenvalue weighted by Gasteiger charge is 2.07. The summed E-state index contributed by atoms with van der Waals surface area (Å²) in [5.41, 5.74) is 2.21. The summed E-state index contributed by atoms with van der Waals surface area (Å²) in [6.07, 6.45) is 4.05. The van der Waals surface area contributed by atoms with Crippen LogP contribution in [0, 0.1) is 0 Å². The molecule has 0 atom stereocenters. The third-order valence-electron chi connectivity index (χ3n) is 2.51. The smallest absolute Gasteiger partial charge is 0.136 e. The zero-order valence-corrected chi connectivity index (χ0v) is 9.24. The van der Waals surface area contributed by atoms with E-state index in [1.54, 1.807) is 11.3 Å². The van der Waals surface area contributed by atoms with Gasteiger partial charge in [0.1, 0.15) is 11.3 Å². The van der Waals surface area contributed by atoms with E-state index in [2.05, 4.69) is 46.4 Å². The van der Waals surface area contributed by atoms with E-state index in [0.29, 0.717) is 0 Å². The number of thiophene rings is 1. The molecule has 3 aromatic heterocycles. The van der Waals surface area contributed by atoms with Crippen LogP contribution >= 0.6 is 11.3 Å². The molecule has 76 valence electrons. The summed E-state index contributed by atoms with van der Waals surface area (Å²) in [6.45, 7) is 3.11. The van der Waals surface area contributed by atoms with Gasteiger partial charge in [0.25, 0.3) is 0 Å². The molecule has 0 bridgehead atoms. The maximum absolute atomic E-state index is 4.53. The van der Waals surface area contributed by atoms with E-state index in [1.807, 2.05) is 10.7 Å². The maximum atomic E-state index is 4.53. The first-order chi connectivity index (χ1) is 7.38. The van der Waals surface area contributed by atoms with Gasteiger partial charge in [0, 0.05) is 25.0 Å². The Hall–Kier alpha value is -1.55. The lowest BCUT2D eigenvalue weighted by molar-refractivity contribution is 0.789. The predicted molar refractivity (Wildman–Crippen MR) is 62.2 cm³/mol. The molecule has 0 spiro atoms. The summed E-state index contributed by atoms with van der Waals surface area (Å²) < 4.78 is 4.11. The van der Waals surface area contributed by atoms with Crippen molar-refractivity contribution in [1.82, 2.24) is 14.2 Å². The van der Waals surface area contributed by atoms with Crippen molar-refractivity contribution < 1.29 is 0 Å². The molecule has 0 amide bonds. The van der Waals surface area contributed by atoms with Crippen LogP contribution in [0.25, 0.3) is 16.2 Å². The lowest BCUT2D eigenvalue weighted by Gasteiger charge is -1.93. The summed E-state index contributed by atoms with van der Waals surface area (Å²) in [5, 5.41) is 6.61. The summed E-state index contributed by atoms with van der Waals surface area (Å²) >= 11 is 1.72. The summed E-state index contributed by atoms with van der Waals surface area (Å²) in [4.78, 5) is 1.22. The van der Waals surface area contributed by atoms with Crippen LogP contribution in [0.4, 0.5) is 0 Å². The van der Waals surface area contributed by atoms with E-state index < -0.39 is 0 Å². The van der Waals surface area contributed by atoms with Gasteiger partial charge >= 0.3 is 0 Å². The minimum Gasteiger partial charge on any atom is -0.332 e. The van der Waals surface area contributed by atoms with Gasteiger partial charge < -0.3 is 4.57 Å². The van der Waals surface area contributed by atoms with E-state index in [0.717, 1.165) is 17.9 Å². The van der Waals surface area contributed by atoms with Crippen molar-refractivity contribution in [2.24, 2.45) is 0 Å². The third-order valence-corrected chi connectivity index (χ3v) is 3.40. The Morgan fingerprint density at radius 1 is 1.40 bits per heavy atom.